The van der Waals surface area contributed by atoms with Gasteiger partial charge in [-0.05, 0) is 12.8 Å². The van der Waals surface area contributed by atoms with E-state index < -0.39 is 0 Å². The fourth-order valence-corrected chi connectivity index (χ4v) is 3.68. The average Bonchev–Trinajstić information content (AvgIpc) is 2.77. The van der Waals surface area contributed by atoms with Crippen molar-refractivity contribution in [2.45, 2.75) is 77.2 Å². The third-order valence-corrected chi connectivity index (χ3v) is 5.37. The minimum absolute atomic E-state index is 0. The van der Waals surface area contributed by atoms with Gasteiger partial charge < -0.3 is 11.1 Å². The van der Waals surface area contributed by atoms with Crippen molar-refractivity contribution in [3.8, 4) is 0 Å². The molecule has 0 spiro atoms. The number of aromatic nitrogens is 1. The molecule has 132 valence electrons. The normalized spacial score (nSPS) is 17.4. The van der Waals surface area contributed by atoms with Gasteiger partial charge in [0.05, 0.1) is 10.7 Å². The molecule has 6 heteroatoms. The van der Waals surface area contributed by atoms with Crippen molar-refractivity contribution in [2.75, 3.05) is 6.54 Å². The van der Waals surface area contributed by atoms with Crippen LogP contribution in [0.2, 0.25) is 0 Å². The van der Waals surface area contributed by atoms with Crippen LogP contribution in [-0.4, -0.2) is 23.5 Å². The number of hydrogen-bond donors (Lipinski definition) is 2. The van der Waals surface area contributed by atoms with Gasteiger partial charge in [0.15, 0.2) is 5.96 Å². The molecule has 1 aromatic rings. The quantitative estimate of drug-likeness (QED) is 0.312. The SMILES string of the molecule is CC(C)(C)c1nc(CCN=C(N)NC2CCCCCC2)cs1.I. The molecular weight excluding hydrogens is 419 g/mol. The van der Waals surface area contributed by atoms with Crippen LogP contribution in [0.25, 0.3) is 0 Å². The fourth-order valence-electron chi connectivity index (χ4n) is 2.74. The lowest BCUT2D eigenvalue weighted by atomic mass is 9.98. The van der Waals surface area contributed by atoms with Crippen LogP contribution < -0.4 is 11.1 Å². The highest BCUT2D eigenvalue weighted by Crippen LogP contribution is 2.25. The van der Waals surface area contributed by atoms with Crippen molar-refractivity contribution in [3.05, 3.63) is 16.1 Å². The third-order valence-electron chi connectivity index (χ3n) is 4.05. The van der Waals surface area contributed by atoms with E-state index in [-0.39, 0.29) is 29.4 Å². The number of aliphatic imine (C=N–C) groups is 1. The second-order valence-electron chi connectivity index (χ2n) is 7.24. The number of thiazole rings is 1. The molecule has 1 fully saturated rings. The van der Waals surface area contributed by atoms with Crippen LogP contribution in [0.1, 0.15) is 70.0 Å². The van der Waals surface area contributed by atoms with Crippen LogP contribution in [-0.2, 0) is 11.8 Å². The molecule has 0 bridgehead atoms. The molecule has 1 aliphatic carbocycles. The van der Waals surface area contributed by atoms with Crippen LogP contribution in [0, 0.1) is 0 Å². The van der Waals surface area contributed by atoms with Gasteiger partial charge in [0, 0.05) is 29.8 Å². The van der Waals surface area contributed by atoms with E-state index in [0.29, 0.717) is 18.5 Å². The summed E-state index contributed by atoms with van der Waals surface area (Å²) in [7, 11) is 0. The van der Waals surface area contributed by atoms with Crippen LogP contribution >= 0.6 is 35.3 Å². The lowest BCUT2D eigenvalue weighted by Gasteiger charge is -2.16. The molecule has 0 unspecified atom stereocenters. The largest absolute Gasteiger partial charge is 0.370 e. The molecule has 4 nitrogen and oxygen atoms in total. The maximum atomic E-state index is 6.02. The Hall–Kier alpha value is -0.370. The molecule has 0 saturated heterocycles. The van der Waals surface area contributed by atoms with Gasteiger partial charge in [0.1, 0.15) is 0 Å². The van der Waals surface area contributed by atoms with Crippen LogP contribution in [0.5, 0.6) is 0 Å². The highest BCUT2D eigenvalue weighted by molar-refractivity contribution is 14.0. The third kappa shape index (κ3) is 7.37. The number of guanidine groups is 1. The molecule has 1 saturated carbocycles. The lowest BCUT2D eigenvalue weighted by molar-refractivity contribution is 0.530. The van der Waals surface area contributed by atoms with Crippen LogP contribution in [0.15, 0.2) is 10.4 Å². The Balaban J connectivity index is 0.00000264. The van der Waals surface area contributed by atoms with Gasteiger partial charge >= 0.3 is 0 Å². The first-order valence-electron chi connectivity index (χ1n) is 8.46. The number of hydrogen-bond acceptors (Lipinski definition) is 3. The molecule has 3 N–H and O–H groups in total. The molecule has 23 heavy (non-hydrogen) atoms. The van der Waals surface area contributed by atoms with Gasteiger partial charge in [-0.25, -0.2) is 4.98 Å². The number of rotatable bonds is 4. The summed E-state index contributed by atoms with van der Waals surface area (Å²) < 4.78 is 0. The number of nitrogens with two attached hydrogens (primary N) is 1. The average molecular weight is 450 g/mol. The summed E-state index contributed by atoms with van der Waals surface area (Å²) in [6, 6.07) is 0.512. The van der Waals surface area contributed by atoms with E-state index in [1.807, 2.05) is 0 Å². The maximum Gasteiger partial charge on any atom is 0.188 e. The predicted molar refractivity (Wildman–Crippen MR) is 111 cm³/mol. The van der Waals surface area contributed by atoms with E-state index in [1.165, 1.54) is 43.5 Å². The summed E-state index contributed by atoms with van der Waals surface area (Å²) >= 11 is 1.74. The van der Waals surface area contributed by atoms with Crippen molar-refractivity contribution in [1.82, 2.24) is 10.3 Å². The monoisotopic (exact) mass is 450 g/mol. The molecule has 0 atom stereocenters. The fraction of sp³-hybridized carbons (Fsp3) is 0.765. The summed E-state index contributed by atoms with van der Waals surface area (Å²) in [4.78, 5) is 9.16. The predicted octanol–water partition coefficient (Wildman–Crippen LogP) is 4.23. The van der Waals surface area contributed by atoms with E-state index >= 15 is 0 Å². The van der Waals surface area contributed by atoms with E-state index in [2.05, 4.69) is 36.5 Å². The van der Waals surface area contributed by atoms with Crippen LogP contribution in [0.4, 0.5) is 0 Å². The zero-order chi connectivity index (χ0) is 16.0. The molecule has 0 amide bonds. The first-order chi connectivity index (χ1) is 10.4. The standard InChI is InChI=1S/C17H30N4S.HI/c1-17(2,3)15-20-14(12-22-15)10-11-19-16(18)21-13-8-6-4-5-7-9-13;/h12-13H,4-11H2,1-3H3,(H3,18,19,21);1H. The van der Waals surface area contributed by atoms with Crippen molar-refractivity contribution in [1.29, 1.82) is 0 Å². The summed E-state index contributed by atoms with van der Waals surface area (Å²) in [6.45, 7) is 7.30. The van der Waals surface area contributed by atoms with Gasteiger partial charge in [-0.1, -0.05) is 46.5 Å². The molecule has 1 aliphatic rings. The van der Waals surface area contributed by atoms with Crippen molar-refractivity contribution < 1.29 is 0 Å². The second kappa shape index (κ2) is 9.81. The van der Waals surface area contributed by atoms with Gasteiger partial charge in [-0.2, -0.15) is 0 Å². The number of nitrogens with zero attached hydrogens (tertiary/aromatic N) is 2. The molecule has 1 aromatic heterocycles. The van der Waals surface area contributed by atoms with E-state index in [9.17, 15) is 0 Å². The highest BCUT2D eigenvalue weighted by atomic mass is 127. The summed E-state index contributed by atoms with van der Waals surface area (Å²) in [5.41, 5.74) is 7.27. The van der Waals surface area contributed by atoms with Gasteiger partial charge in [0.2, 0.25) is 0 Å². The van der Waals surface area contributed by atoms with Gasteiger partial charge in [-0.15, -0.1) is 35.3 Å². The second-order valence-corrected chi connectivity index (χ2v) is 8.10. The van der Waals surface area contributed by atoms with Crippen molar-refractivity contribution in [2.24, 2.45) is 10.7 Å². The van der Waals surface area contributed by atoms with E-state index in [4.69, 9.17) is 10.7 Å². The minimum Gasteiger partial charge on any atom is -0.370 e. The van der Waals surface area contributed by atoms with Crippen molar-refractivity contribution >= 4 is 41.3 Å². The maximum absolute atomic E-state index is 6.02. The summed E-state index contributed by atoms with van der Waals surface area (Å²) in [5.74, 6) is 0.596. The molecule has 0 aromatic carbocycles. The number of nitrogens with one attached hydrogen (secondary N) is 1. The zero-order valence-corrected chi connectivity index (χ0v) is 17.7. The van der Waals surface area contributed by atoms with Crippen LogP contribution in [0.3, 0.4) is 0 Å². The lowest BCUT2D eigenvalue weighted by Crippen LogP contribution is -2.40. The van der Waals surface area contributed by atoms with Gasteiger partial charge in [0.25, 0.3) is 0 Å². The smallest absolute Gasteiger partial charge is 0.188 e. The Labute approximate surface area is 161 Å². The Morgan fingerprint density at radius 1 is 1.30 bits per heavy atom. The first kappa shape index (κ1) is 20.7. The topological polar surface area (TPSA) is 63.3 Å². The Morgan fingerprint density at radius 3 is 2.52 bits per heavy atom. The van der Waals surface area contributed by atoms with Crippen molar-refractivity contribution in [3.63, 3.8) is 0 Å². The Bertz CT molecular complexity index is 485. The molecule has 0 aliphatic heterocycles. The highest BCUT2D eigenvalue weighted by Gasteiger charge is 2.17. The Morgan fingerprint density at radius 2 is 1.96 bits per heavy atom. The Kier molecular flexibility index (Phi) is 8.82. The zero-order valence-electron chi connectivity index (χ0n) is 14.6. The molecule has 0 radical (unpaired) electrons. The number of halogens is 1. The summed E-state index contributed by atoms with van der Waals surface area (Å²) in [6.07, 6.45) is 8.62. The minimum atomic E-state index is 0. The molecule has 2 rings (SSSR count). The van der Waals surface area contributed by atoms with Gasteiger partial charge in [-0.3, -0.25) is 4.99 Å². The summed E-state index contributed by atoms with van der Waals surface area (Å²) in [5, 5.41) is 6.72. The molecule has 1 heterocycles. The first-order valence-corrected chi connectivity index (χ1v) is 9.34. The molecular formula is C17H31IN4S. The van der Waals surface area contributed by atoms with E-state index in [0.717, 1.165) is 12.1 Å². The van der Waals surface area contributed by atoms with E-state index in [1.54, 1.807) is 11.3 Å².